The normalized spacial score (nSPS) is 20.7. The van der Waals surface area contributed by atoms with Gasteiger partial charge in [0.25, 0.3) is 0 Å². The molecule has 15 nitrogen and oxygen atoms in total. The number of rotatable bonds is 31. The second kappa shape index (κ2) is 40.3. The molecule has 0 aliphatic carbocycles. The Morgan fingerprint density at radius 2 is 0.688 bits per heavy atom. The summed E-state index contributed by atoms with van der Waals surface area (Å²) < 4.78 is 22.3. The van der Waals surface area contributed by atoms with Gasteiger partial charge in [0.15, 0.2) is 0 Å². The smallest absolute Gasteiger partial charge is 0.0793 e. The van der Waals surface area contributed by atoms with E-state index >= 15 is 0 Å². The van der Waals surface area contributed by atoms with Crippen LogP contribution < -0.4 is 0 Å². The summed E-state index contributed by atoms with van der Waals surface area (Å²) in [6.07, 6.45) is 5.86. The third kappa shape index (κ3) is 30.0. The Bertz CT molecular complexity index is 1010. The molecule has 2 atom stereocenters. The molecule has 0 aromatic carbocycles. The summed E-state index contributed by atoms with van der Waals surface area (Å²) in [5.74, 6) is 0. The van der Waals surface area contributed by atoms with Crippen LogP contribution in [0.4, 0.5) is 0 Å². The van der Waals surface area contributed by atoms with Crippen LogP contribution in [-0.4, -0.2) is 297 Å². The van der Waals surface area contributed by atoms with E-state index in [4.69, 9.17) is 18.9 Å². The van der Waals surface area contributed by atoms with E-state index in [2.05, 4.69) is 85.6 Å². The van der Waals surface area contributed by atoms with E-state index in [9.17, 15) is 10.2 Å². The highest BCUT2D eigenvalue weighted by Gasteiger charge is 2.23. The van der Waals surface area contributed by atoms with Crippen molar-refractivity contribution in [1.29, 1.82) is 0 Å². The van der Waals surface area contributed by atoms with Crippen molar-refractivity contribution in [2.75, 3.05) is 230 Å². The third-order valence-corrected chi connectivity index (χ3v) is 12.8. The van der Waals surface area contributed by atoms with Crippen molar-refractivity contribution in [2.24, 2.45) is 0 Å². The van der Waals surface area contributed by atoms with Crippen LogP contribution in [0, 0.1) is 0 Å². The van der Waals surface area contributed by atoms with Crippen LogP contribution in [-0.2, 0) is 18.9 Å². The number of aliphatic hydroxyl groups is 2. The highest BCUT2D eigenvalue weighted by molar-refractivity contribution is 4.78. The molecule has 2 aliphatic rings. The Kier molecular flexibility index (Phi) is 37.5. The van der Waals surface area contributed by atoms with Crippen LogP contribution in [0.15, 0.2) is 0 Å². The van der Waals surface area contributed by atoms with Crippen molar-refractivity contribution < 1.29 is 29.2 Å². The molecule has 0 aromatic heterocycles. The van der Waals surface area contributed by atoms with Crippen molar-refractivity contribution in [3.8, 4) is 0 Å². The predicted molar refractivity (Wildman–Crippen MR) is 266 cm³/mol. The van der Waals surface area contributed by atoms with Crippen LogP contribution in [0.3, 0.4) is 0 Å². The number of hydrogen-bond donors (Lipinski definition) is 2. The van der Waals surface area contributed by atoms with Gasteiger partial charge in [-0.1, -0.05) is 41.5 Å². The number of hydrogen-bond acceptors (Lipinski definition) is 15. The fraction of sp³-hybridized carbons (Fsp3) is 1.00. The summed E-state index contributed by atoms with van der Waals surface area (Å²) in [5.41, 5.74) is 0. The molecule has 0 bridgehead atoms. The lowest BCUT2D eigenvalue weighted by Crippen LogP contribution is -2.50. The Morgan fingerprint density at radius 1 is 0.391 bits per heavy atom. The standard InChI is InChI=1S/C49H105N9O6/c1-8-15-51-23-22-50(13-6)20-14-21-56(33-30-53(17-10-3)27-24-51)44-48(59)46-58(36-37-62-40-41-64-43-42-63-39-38-61-7)47-49(60)45-57-34-31-54(18-11-4)28-25-52(16-9-2)26-29-55(19-12-5)32-35-57/h48-49,59-60H,8-47H2,1-7H3. The van der Waals surface area contributed by atoms with E-state index < -0.39 is 12.2 Å². The molecule has 382 valence electrons. The SMILES string of the molecule is CCCN1CCN(CC)CCCN(CC(O)CN(CCOCCOCCOCCOC)CC(O)CN2CCN(CCC)CCN(CCC)CCN(CCC)CC2)CCN(CCC)CC1. The van der Waals surface area contributed by atoms with Crippen molar-refractivity contribution in [2.45, 2.75) is 92.3 Å². The minimum Gasteiger partial charge on any atom is -0.390 e. The third-order valence-electron chi connectivity index (χ3n) is 12.8. The fourth-order valence-electron chi connectivity index (χ4n) is 9.22. The van der Waals surface area contributed by atoms with Gasteiger partial charge in [-0.2, -0.15) is 0 Å². The topological polar surface area (TPSA) is 107 Å². The van der Waals surface area contributed by atoms with Gasteiger partial charge in [0, 0.05) is 131 Å². The fourth-order valence-corrected chi connectivity index (χ4v) is 9.22. The molecule has 15 heteroatoms. The Balaban J connectivity index is 2.15. The molecule has 2 fully saturated rings. The quantitative estimate of drug-likeness (QED) is 0.0997. The molecule has 0 radical (unpaired) electrons. The van der Waals surface area contributed by atoms with E-state index in [0.29, 0.717) is 79.0 Å². The number of β-amino-alcohol motifs (C(OH)–C–C–N with tert-alkyl or cyclic N) is 2. The van der Waals surface area contributed by atoms with Gasteiger partial charge in [-0.25, -0.2) is 0 Å². The van der Waals surface area contributed by atoms with E-state index in [1.807, 2.05) is 0 Å². The zero-order chi connectivity index (χ0) is 46.5. The monoisotopic (exact) mass is 916 g/mol. The Labute approximate surface area is 394 Å². The van der Waals surface area contributed by atoms with Crippen molar-refractivity contribution in [3.05, 3.63) is 0 Å². The average molecular weight is 916 g/mol. The number of aliphatic hydroxyl groups excluding tert-OH is 2. The summed E-state index contributed by atoms with van der Waals surface area (Å²) in [6.45, 7) is 44.0. The first kappa shape index (κ1) is 59.5. The second-order valence-electron chi connectivity index (χ2n) is 18.5. The van der Waals surface area contributed by atoms with Gasteiger partial charge in [-0.15, -0.1) is 0 Å². The maximum Gasteiger partial charge on any atom is 0.0793 e. The first-order valence-electron chi connectivity index (χ1n) is 26.4. The molecule has 0 aromatic rings. The zero-order valence-corrected chi connectivity index (χ0v) is 43.0. The molecular formula is C49H105N9O6. The van der Waals surface area contributed by atoms with Gasteiger partial charge in [-0.3, -0.25) is 14.7 Å². The Hall–Kier alpha value is -0.600. The Morgan fingerprint density at radius 3 is 1.03 bits per heavy atom. The first-order chi connectivity index (χ1) is 31.3. The molecule has 0 amide bonds. The molecule has 2 saturated heterocycles. The zero-order valence-electron chi connectivity index (χ0n) is 43.0. The lowest BCUT2D eigenvalue weighted by Gasteiger charge is -2.35. The largest absolute Gasteiger partial charge is 0.390 e. The minimum absolute atomic E-state index is 0.497. The first-order valence-corrected chi connectivity index (χ1v) is 26.4. The second-order valence-corrected chi connectivity index (χ2v) is 18.5. The number of likely N-dealkylation sites (N-methyl/N-ethyl adjacent to an activating group) is 1. The van der Waals surface area contributed by atoms with Crippen molar-refractivity contribution in [3.63, 3.8) is 0 Å². The van der Waals surface area contributed by atoms with Gasteiger partial charge in [0.05, 0.1) is 58.5 Å². The number of methoxy groups -OCH3 is 1. The van der Waals surface area contributed by atoms with Crippen LogP contribution in [0.25, 0.3) is 0 Å². The van der Waals surface area contributed by atoms with Crippen LogP contribution >= 0.6 is 0 Å². The number of ether oxygens (including phenoxy) is 4. The van der Waals surface area contributed by atoms with E-state index in [0.717, 1.165) is 163 Å². The highest BCUT2D eigenvalue weighted by Crippen LogP contribution is 2.08. The molecule has 2 rings (SSSR count). The van der Waals surface area contributed by atoms with Crippen LogP contribution in [0.2, 0.25) is 0 Å². The van der Waals surface area contributed by atoms with Gasteiger partial charge in [0.2, 0.25) is 0 Å². The highest BCUT2D eigenvalue weighted by atomic mass is 16.6. The van der Waals surface area contributed by atoms with Gasteiger partial charge in [-0.05, 0) is 90.9 Å². The minimum atomic E-state index is -0.540. The summed E-state index contributed by atoms with van der Waals surface area (Å²) in [5, 5.41) is 23.7. The molecule has 2 heterocycles. The lowest BCUT2D eigenvalue weighted by molar-refractivity contribution is -0.00655. The van der Waals surface area contributed by atoms with Gasteiger partial charge < -0.3 is 58.6 Å². The average Bonchev–Trinajstić information content (AvgIpc) is 3.29. The van der Waals surface area contributed by atoms with Crippen LogP contribution in [0.5, 0.6) is 0 Å². The molecule has 0 saturated carbocycles. The molecule has 0 spiro atoms. The molecule has 2 N–H and O–H groups in total. The summed E-state index contributed by atoms with van der Waals surface area (Å²) in [4.78, 5) is 23.1. The maximum atomic E-state index is 11.9. The molecule has 64 heavy (non-hydrogen) atoms. The van der Waals surface area contributed by atoms with E-state index in [-0.39, 0.29) is 0 Å². The molecule has 2 unspecified atom stereocenters. The number of nitrogens with zero attached hydrogens (tertiary/aromatic N) is 9. The van der Waals surface area contributed by atoms with Gasteiger partial charge >= 0.3 is 0 Å². The molecular weight excluding hydrogens is 811 g/mol. The summed E-state index contributed by atoms with van der Waals surface area (Å²) in [7, 11) is 1.67. The van der Waals surface area contributed by atoms with Crippen LogP contribution in [0.1, 0.15) is 80.1 Å². The maximum absolute atomic E-state index is 11.9. The predicted octanol–water partition coefficient (Wildman–Crippen LogP) is 2.61. The molecule has 2 aliphatic heterocycles. The van der Waals surface area contributed by atoms with Crippen molar-refractivity contribution in [1.82, 2.24) is 44.1 Å². The van der Waals surface area contributed by atoms with E-state index in [1.54, 1.807) is 7.11 Å². The van der Waals surface area contributed by atoms with E-state index in [1.165, 1.54) is 19.4 Å². The van der Waals surface area contributed by atoms with Crippen molar-refractivity contribution >= 4 is 0 Å². The lowest BCUT2D eigenvalue weighted by atomic mass is 10.2. The summed E-state index contributed by atoms with van der Waals surface area (Å²) >= 11 is 0. The van der Waals surface area contributed by atoms with Gasteiger partial charge in [0.1, 0.15) is 0 Å². The summed E-state index contributed by atoms with van der Waals surface area (Å²) in [6, 6.07) is 0.